The van der Waals surface area contributed by atoms with E-state index in [2.05, 4.69) is 20.8 Å². The van der Waals surface area contributed by atoms with Crippen molar-refractivity contribution in [3.05, 3.63) is 0 Å². The second-order valence-electron chi connectivity index (χ2n) is 8.03. The Morgan fingerprint density at radius 1 is 0.833 bits per heavy atom. The molecule has 2 aliphatic heterocycles. The fourth-order valence-electron chi connectivity index (χ4n) is 3.33. The molecule has 0 amide bonds. The fraction of sp³-hybridized carbons (Fsp3) is 1.00. The highest BCUT2D eigenvalue weighted by Gasteiger charge is 2.37. The van der Waals surface area contributed by atoms with Crippen molar-refractivity contribution in [2.24, 2.45) is 16.7 Å². The van der Waals surface area contributed by atoms with Crippen LogP contribution in [0.4, 0.5) is 0 Å². The van der Waals surface area contributed by atoms with E-state index in [0.717, 1.165) is 72.1 Å². The van der Waals surface area contributed by atoms with Crippen molar-refractivity contribution in [1.29, 1.82) is 0 Å². The lowest BCUT2D eigenvalue weighted by atomic mass is 9.84. The Balaban J connectivity index is 1.47. The van der Waals surface area contributed by atoms with E-state index < -0.39 is 0 Å². The molecule has 4 nitrogen and oxygen atoms in total. The van der Waals surface area contributed by atoms with E-state index >= 15 is 0 Å². The quantitative estimate of drug-likeness (QED) is 0.446. The molecule has 2 heterocycles. The molecule has 0 spiro atoms. The Morgan fingerprint density at radius 2 is 1.42 bits per heavy atom. The molecule has 0 aromatic rings. The second-order valence-corrected chi connectivity index (χ2v) is 8.03. The van der Waals surface area contributed by atoms with Gasteiger partial charge in [0.15, 0.2) is 0 Å². The lowest BCUT2D eigenvalue weighted by Gasteiger charge is -2.40. The Hall–Kier alpha value is -0.160. The minimum absolute atomic E-state index is 0.312. The van der Waals surface area contributed by atoms with Crippen molar-refractivity contribution in [1.82, 2.24) is 0 Å². The summed E-state index contributed by atoms with van der Waals surface area (Å²) in [5.74, 6) is 0.682. The van der Waals surface area contributed by atoms with Gasteiger partial charge in [-0.25, -0.2) is 0 Å². The van der Waals surface area contributed by atoms with Crippen LogP contribution >= 0.6 is 0 Å². The molecular weight excluding hydrogens is 304 g/mol. The molecule has 2 fully saturated rings. The Bertz CT molecular complexity index is 326. The third kappa shape index (κ3) is 5.69. The Labute approximate surface area is 148 Å². The van der Waals surface area contributed by atoms with Crippen LogP contribution in [0, 0.1) is 16.7 Å². The average molecular weight is 343 g/mol. The van der Waals surface area contributed by atoms with E-state index in [-0.39, 0.29) is 0 Å². The number of ether oxygens (including phenoxy) is 4. The first-order valence-electron chi connectivity index (χ1n) is 9.98. The molecule has 24 heavy (non-hydrogen) atoms. The molecule has 0 N–H and O–H groups in total. The molecule has 142 valence electrons. The number of rotatable bonds is 14. The Morgan fingerprint density at radius 3 is 1.88 bits per heavy atom. The SMILES string of the molecule is CCC(CCCCOCC1(CC)COC1)COCC1(CC)COC1. The summed E-state index contributed by atoms with van der Waals surface area (Å²) in [7, 11) is 0. The highest BCUT2D eigenvalue weighted by molar-refractivity contribution is 4.84. The summed E-state index contributed by atoms with van der Waals surface area (Å²) in [5, 5.41) is 0. The van der Waals surface area contributed by atoms with Crippen LogP contribution < -0.4 is 0 Å². The van der Waals surface area contributed by atoms with Gasteiger partial charge in [0.2, 0.25) is 0 Å². The van der Waals surface area contributed by atoms with Crippen LogP contribution in [0.2, 0.25) is 0 Å². The first-order valence-corrected chi connectivity index (χ1v) is 9.98. The van der Waals surface area contributed by atoms with Crippen molar-refractivity contribution in [3.63, 3.8) is 0 Å². The highest BCUT2D eigenvalue weighted by atomic mass is 16.5. The van der Waals surface area contributed by atoms with Crippen molar-refractivity contribution in [2.45, 2.75) is 59.3 Å². The largest absolute Gasteiger partial charge is 0.381 e. The predicted molar refractivity (Wildman–Crippen MR) is 96.4 cm³/mol. The van der Waals surface area contributed by atoms with Crippen molar-refractivity contribution >= 4 is 0 Å². The van der Waals surface area contributed by atoms with Gasteiger partial charge in [0.25, 0.3) is 0 Å². The summed E-state index contributed by atoms with van der Waals surface area (Å²) in [6.45, 7) is 13.8. The van der Waals surface area contributed by atoms with Crippen molar-refractivity contribution in [2.75, 3.05) is 52.9 Å². The monoisotopic (exact) mass is 342 g/mol. The highest BCUT2D eigenvalue weighted by Crippen LogP contribution is 2.32. The molecule has 4 heteroatoms. The molecule has 2 aliphatic rings. The number of unbranched alkanes of at least 4 members (excludes halogenated alkanes) is 1. The maximum absolute atomic E-state index is 6.02. The zero-order valence-electron chi connectivity index (χ0n) is 16.1. The molecular formula is C20H38O4. The standard InChI is InChI=1S/C20H38O4/c1-4-18(11-22-13-20(6-3)16-24-17-20)9-7-8-10-21-12-19(5-2)14-23-15-19/h18H,4-17H2,1-3H3. The van der Waals surface area contributed by atoms with Gasteiger partial charge in [0.05, 0.1) is 39.6 Å². The zero-order chi connectivity index (χ0) is 17.3. The summed E-state index contributed by atoms with van der Waals surface area (Å²) >= 11 is 0. The molecule has 0 radical (unpaired) electrons. The van der Waals surface area contributed by atoms with Crippen LogP contribution in [-0.2, 0) is 18.9 Å². The number of hydrogen-bond acceptors (Lipinski definition) is 4. The topological polar surface area (TPSA) is 36.9 Å². The van der Waals surface area contributed by atoms with E-state index in [1.165, 1.54) is 19.3 Å². The third-order valence-electron chi connectivity index (χ3n) is 6.03. The third-order valence-corrected chi connectivity index (χ3v) is 6.03. The molecule has 0 aliphatic carbocycles. The van der Waals surface area contributed by atoms with Crippen LogP contribution in [0.3, 0.4) is 0 Å². The van der Waals surface area contributed by atoms with Gasteiger partial charge in [-0.05, 0) is 31.6 Å². The minimum atomic E-state index is 0.312. The van der Waals surface area contributed by atoms with Crippen LogP contribution in [-0.4, -0.2) is 52.9 Å². The molecule has 2 saturated heterocycles. The minimum Gasteiger partial charge on any atom is -0.381 e. The smallest absolute Gasteiger partial charge is 0.0566 e. The van der Waals surface area contributed by atoms with E-state index in [9.17, 15) is 0 Å². The molecule has 2 rings (SSSR count). The predicted octanol–water partition coefficient (Wildman–Crippen LogP) is 4.07. The first-order chi connectivity index (χ1) is 11.7. The van der Waals surface area contributed by atoms with Gasteiger partial charge in [0.1, 0.15) is 0 Å². The Kier molecular flexibility index (Phi) is 8.48. The van der Waals surface area contributed by atoms with Gasteiger partial charge in [-0.3, -0.25) is 0 Å². The molecule has 0 bridgehead atoms. The van der Waals surface area contributed by atoms with Crippen molar-refractivity contribution in [3.8, 4) is 0 Å². The summed E-state index contributed by atoms with van der Waals surface area (Å²) in [4.78, 5) is 0. The summed E-state index contributed by atoms with van der Waals surface area (Å²) in [6.07, 6.45) is 7.16. The van der Waals surface area contributed by atoms with E-state index in [0.29, 0.717) is 16.7 Å². The van der Waals surface area contributed by atoms with Crippen LogP contribution in [0.5, 0.6) is 0 Å². The summed E-state index contributed by atoms with van der Waals surface area (Å²) in [5.41, 5.74) is 0.632. The van der Waals surface area contributed by atoms with Gasteiger partial charge in [0, 0.05) is 24.0 Å². The maximum atomic E-state index is 6.02. The van der Waals surface area contributed by atoms with Gasteiger partial charge < -0.3 is 18.9 Å². The number of hydrogen-bond donors (Lipinski definition) is 0. The van der Waals surface area contributed by atoms with E-state index in [1.54, 1.807) is 0 Å². The zero-order valence-corrected chi connectivity index (χ0v) is 16.1. The molecule has 1 atom stereocenters. The van der Waals surface area contributed by atoms with E-state index in [4.69, 9.17) is 18.9 Å². The molecule has 0 aromatic heterocycles. The van der Waals surface area contributed by atoms with Gasteiger partial charge in [-0.1, -0.05) is 33.6 Å². The summed E-state index contributed by atoms with van der Waals surface area (Å²) in [6, 6.07) is 0. The normalized spacial score (nSPS) is 22.6. The van der Waals surface area contributed by atoms with E-state index in [1.807, 2.05) is 0 Å². The van der Waals surface area contributed by atoms with Crippen LogP contribution in [0.15, 0.2) is 0 Å². The summed E-state index contributed by atoms with van der Waals surface area (Å²) < 4.78 is 22.6. The molecule has 0 saturated carbocycles. The van der Waals surface area contributed by atoms with Gasteiger partial charge >= 0.3 is 0 Å². The van der Waals surface area contributed by atoms with Crippen LogP contribution in [0.25, 0.3) is 0 Å². The molecule has 0 aromatic carbocycles. The fourth-order valence-corrected chi connectivity index (χ4v) is 3.33. The first kappa shape index (κ1) is 20.2. The van der Waals surface area contributed by atoms with Gasteiger partial charge in [-0.2, -0.15) is 0 Å². The lowest BCUT2D eigenvalue weighted by molar-refractivity contribution is -0.153. The lowest BCUT2D eigenvalue weighted by Crippen LogP contribution is -2.46. The van der Waals surface area contributed by atoms with Crippen LogP contribution in [0.1, 0.15) is 59.3 Å². The average Bonchev–Trinajstić information content (AvgIpc) is 2.53. The van der Waals surface area contributed by atoms with Crippen molar-refractivity contribution < 1.29 is 18.9 Å². The van der Waals surface area contributed by atoms with Gasteiger partial charge in [-0.15, -0.1) is 0 Å². The maximum Gasteiger partial charge on any atom is 0.0566 e. The molecule has 1 unspecified atom stereocenters. The second kappa shape index (κ2) is 10.1.